The molecule has 1 saturated heterocycles. The molecule has 0 aromatic carbocycles. The molecule has 3 rings (SSSR count). The van der Waals surface area contributed by atoms with E-state index in [1.165, 1.54) is 0 Å². The maximum atomic E-state index is 12.3. The Morgan fingerprint density at radius 3 is 2.77 bits per heavy atom. The Balaban J connectivity index is 1.50. The average Bonchev–Trinajstić information content (AvgIpc) is 3.38. The van der Waals surface area contributed by atoms with E-state index in [9.17, 15) is 9.59 Å². The van der Waals surface area contributed by atoms with Gasteiger partial charge in [-0.05, 0) is 44.2 Å². The fraction of sp³-hybridized carbons (Fsp3) is 0.588. The van der Waals surface area contributed by atoms with E-state index in [1.54, 1.807) is 6.20 Å². The van der Waals surface area contributed by atoms with Crippen molar-refractivity contribution in [3.63, 3.8) is 0 Å². The molecular formula is C17H23N3O2. The normalized spacial score (nSPS) is 21.5. The highest BCUT2D eigenvalue weighted by Gasteiger charge is 2.36. The number of hydrogen-bond donors (Lipinski definition) is 1. The van der Waals surface area contributed by atoms with Crippen molar-refractivity contribution in [3.8, 4) is 0 Å². The standard InChI is InChI=1S/C17H23N3O2/c1-12-4-5-13(9-18-12)10-19-16(21)15-3-2-8-20(11-15)17(22)14-6-7-14/h4-5,9,14-15H,2-3,6-8,10-11H2,1H3,(H,19,21). The van der Waals surface area contributed by atoms with Crippen molar-refractivity contribution in [2.24, 2.45) is 11.8 Å². The number of piperidine rings is 1. The minimum Gasteiger partial charge on any atom is -0.352 e. The summed E-state index contributed by atoms with van der Waals surface area (Å²) in [6.45, 7) is 3.82. The van der Waals surface area contributed by atoms with Crippen LogP contribution in [-0.4, -0.2) is 34.8 Å². The van der Waals surface area contributed by atoms with Gasteiger partial charge in [0.25, 0.3) is 0 Å². The predicted molar refractivity (Wildman–Crippen MR) is 82.8 cm³/mol. The van der Waals surface area contributed by atoms with Crippen LogP contribution >= 0.6 is 0 Å². The summed E-state index contributed by atoms with van der Waals surface area (Å²) in [7, 11) is 0. The largest absolute Gasteiger partial charge is 0.352 e. The van der Waals surface area contributed by atoms with E-state index in [4.69, 9.17) is 0 Å². The molecule has 5 nitrogen and oxygen atoms in total. The summed E-state index contributed by atoms with van der Waals surface area (Å²) in [6, 6.07) is 3.92. The Labute approximate surface area is 131 Å². The molecule has 2 aliphatic rings. The molecule has 1 saturated carbocycles. The van der Waals surface area contributed by atoms with Crippen LogP contribution in [0.15, 0.2) is 18.3 Å². The molecule has 5 heteroatoms. The first kappa shape index (κ1) is 15.0. The van der Waals surface area contributed by atoms with Crippen LogP contribution in [0.2, 0.25) is 0 Å². The van der Waals surface area contributed by atoms with Crippen molar-refractivity contribution >= 4 is 11.8 Å². The highest BCUT2D eigenvalue weighted by molar-refractivity contribution is 5.83. The molecule has 1 unspecified atom stereocenters. The van der Waals surface area contributed by atoms with Gasteiger partial charge in [0.15, 0.2) is 0 Å². The third kappa shape index (κ3) is 3.64. The van der Waals surface area contributed by atoms with Crippen LogP contribution in [0.5, 0.6) is 0 Å². The van der Waals surface area contributed by atoms with E-state index in [0.717, 1.165) is 43.5 Å². The second kappa shape index (κ2) is 6.46. The summed E-state index contributed by atoms with van der Waals surface area (Å²) in [4.78, 5) is 30.6. The molecule has 0 bridgehead atoms. The van der Waals surface area contributed by atoms with Gasteiger partial charge in [-0.1, -0.05) is 6.07 Å². The molecular weight excluding hydrogens is 278 g/mol. The molecule has 1 aromatic heterocycles. The zero-order chi connectivity index (χ0) is 15.5. The van der Waals surface area contributed by atoms with Crippen molar-refractivity contribution in [2.75, 3.05) is 13.1 Å². The lowest BCUT2D eigenvalue weighted by molar-refractivity contribution is -0.136. The van der Waals surface area contributed by atoms with Crippen molar-refractivity contribution in [2.45, 2.75) is 39.2 Å². The molecule has 2 amide bonds. The second-order valence-corrected chi connectivity index (χ2v) is 6.42. The van der Waals surface area contributed by atoms with Gasteiger partial charge in [0, 0.05) is 37.4 Å². The zero-order valence-corrected chi connectivity index (χ0v) is 13.0. The third-order valence-corrected chi connectivity index (χ3v) is 4.47. The lowest BCUT2D eigenvalue weighted by atomic mass is 9.96. The van der Waals surface area contributed by atoms with Gasteiger partial charge >= 0.3 is 0 Å². The van der Waals surface area contributed by atoms with E-state index in [1.807, 2.05) is 24.0 Å². The number of hydrogen-bond acceptors (Lipinski definition) is 3. The molecule has 1 aliphatic heterocycles. The summed E-state index contributed by atoms with van der Waals surface area (Å²) in [5, 5.41) is 2.98. The molecule has 118 valence electrons. The summed E-state index contributed by atoms with van der Waals surface area (Å²) in [6.07, 6.45) is 5.62. The SMILES string of the molecule is Cc1ccc(CNC(=O)C2CCCN(C(=O)C3CC3)C2)cn1. The Morgan fingerprint density at radius 2 is 2.09 bits per heavy atom. The minimum absolute atomic E-state index is 0.0499. The lowest BCUT2D eigenvalue weighted by Crippen LogP contribution is -2.45. The molecule has 1 N–H and O–H groups in total. The van der Waals surface area contributed by atoms with Crippen molar-refractivity contribution in [1.82, 2.24) is 15.2 Å². The summed E-state index contributed by atoms with van der Waals surface area (Å²) in [5.41, 5.74) is 1.97. The number of amides is 2. The molecule has 0 radical (unpaired) electrons. The Bertz CT molecular complexity index is 552. The minimum atomic E-state index is -0.0742. The smallest absolute Gasteiger partial charge is 0.225 e. The average molecular weight is 301 g/mol. The zero-order valence-electron chi connectivity index (χ0n) is 13.0. The van der Waals surface area contributed by atoms with Gasteiger partial charge in [0.05, 0.1) is 5.92 Å². The van der Waals surface area contributed by atoms with Crippen LogP contribution in [0.3, 0.4) is 0 Å². The van der Waals surface area contributed by atoms with E-state index in [2.05, 4.69) is 10.3 Å². The number of carbonyl (C=O) groups excluding carboxylic acids is 2. The van der Waals surface area contributed by atoms with Crippen LogP contribution in [0.25, 0.3) is 0 Å². The maximum Gasteiger partial charge on any atom is 0.225 e. The van der Waals surface area contributed by atoms with Gasteiger partial charge in [-0.15, -0.1) is 0 Å². The monoisotopic (exact) mass is 301 g/mol. The molecule has 1 aliphatic carbocycles. The van der Waals surface area contributed by atoms with Gasteiger partial charge in [-0.3, -0.25) is 14.6 Å². The number of aromatic nitrogens is 1. The highest BCUT2D eigenvalue weighted by Crippen LogP contribution is 2.32. The Morgan fingerprint density at radius 1 is 1.27 bits per heavy atom. The first-order chi connectivity index (χ1) is 10.6. The van der Waals surface area contributed by atoms with Gasteiger partial charge < -0.3 is 10.2 Å². The number of aryl methyl sites for hydroxylation is 1. The predicted octanol–water partition coefficient (Wildman–Crippen LogP) is 1.65. The molecule has 1 atom stereocenters. The quantitative estimate of drug-likeness (QED) is 0.920. The lowest BCUT2D eigenvalue weighted by Gasteiger charge is -2.32. The number of pyridine rings is 1. The van der Waals surface area contributed by atoms with E-state index >= 15 is 0 Å². The number of nitrogens with zero attached hydrogens (tertiary/aromatic N) is 2. The Kier molecular flexibility index (Phi) is 4.41. The van der Waals surface area contributed by atoms with Crippen LogP contribution in [0.1, 0.15) is 36.9 Å². The molecule has 2 heterocycles. The first-order valence-corrected chi connectivity index (χ1v) is 8.11. The topological polar surface area (TPSA) is 62.3 Å². The molecule has 22 heavy (non-hydrogen) atoms. The van der Waals surface area contributed by atoms with Gasteiger partial charge in [0.1, 0.15) is 0 Å². The van der Waals surface area contributed by atoms with E-state index < -0.39 is 0 Å². The first-order valence-electron chi connectivity index (χ1n) is 8.11. The fourth-order valence-corrected chi connectivity index (χ4v) is 2.92. The number of rotatable bonds is 4. The van der Waals surface area contributed by atoms with Crippen molar-refractivity contribution < 1.29 is 9.59 Å². The highest BCUT2D eigenvalue weighted by atomic mass is 16.2. The van der Waals surface area contributed by atoms with E-state index in [0.29, 0.717) is 13.1 Å². The van der Waals surface area contributed by atoms with E-state index in [-0.39, 0.29) is 23.7 Å². The van der Waals surface area contributed by atoms with Crippen molar-refractivity contribution in [3.05, 3.63) is 29.6 Å². The van der Waals surface area contributed by atoms with Gasteiger partial charge in [0.2, 0.25) is 11.8 Å². The molecule has 1 aromatic rings. The summed E-state index contributed by atoms with van der Waals surface area (Å²) >= 11 is 0. The maximum absolute atomic E-state index is 12.3. The summed E-state index contributed by atoms with van der Waals surface area (Å²) < 4.78 is 0. The number of carbonyl (C=O) groups is 2. The van der Waals surface area contributed by atoms with Gasteiger partial charge in [-0.25, -0.2) is 0 Å². The van der Waals surface area contributed by atoms with Crippen LogP contribution in [0.4, 0.5) is 0 Å². The van der Waals surface area contributed by atoms with Crippen LogP contribution in [-0.2, 0) is 16.1 Å². The van der Waals surface area contributed by atoms with Crippen LogP contribution in [0, 0.1) is 18.8 Å². The number of nitrogens with one attached hydrogen (secondary N) is 1. The number of likely N-dealkylation sites (tertiary alicyclic amines) is 1. The van der Waals surface area contributed by atoms with Gasteiger partial charge in [-0.2, -0.15) is 0 Å². The molecule has 0 spiro atoms. The fourth-order valence-electron chi connectivity index (χ4n) is 2.92. The Hall–Kier alpha value is -1.91. The summed E-state index contributed by atoms with van der Waals surface area (Å²) in [5.74, 6) is 0.462. The molecule has 2 fully saturated rings. The van der Waals surface area contributed by atoms with Crippen molar-refractivity contribution in [1.29, 1.82) is 0 Å². The van der Waals surface area contributed by atoms with Crippen LogP contribution < -0.4 is 5.32 Å². The second-order valence-electron chi connectivity index (χ2n) is 6.42. The third-order valence-electron chi connectivity index (χ3n) is 4.47.